The minimum absolute atomic E-state index is 0.622. The zero-order chi connectivity index (χ0) is 8.97. The molecule has 0 bridgehead atoms. The summed E-state index contributed by atoms with van der Waals surface area (Å²) in [5, 5.41) is 0. The Balaban J connectivity index is 3.02. The zero-order valence-electron chi connectivity index (χ0n) is 7.73. The lowest BCUT2D eigenvalue weighted by atomic mass is 10.0. The molecule has 0 radical (unpaired) electrons. The highest BCUT2D eigenvalue weighted by Crippen LogP contribution is 2.14. The van der Waals surface area contributed by atoms with E-state index in [2.05, 4.69) is 32.0 Å². The first-order valence-corrected chi connectivity index (χ1v) is 5.01. The van der Waals surface area contributed by atoms with Gasteiger partial charge < -0.3 is 0 Å². The predicted octanol–water partition coefficient (Wildman–Crippen LogP) is 3.55. The van der Waals surface area contributed by atoms with E-state index in [0.717, 1.165) is 12.8 Å². The maximum absolute atomic E-state index is 5.75. The summed E-state index contributed by atoms with van der Waals surface area (Å²) < 4.78 is 0. The van der Waals surface area contributed by atoms with Crippen LogP contribution in [0.15, 0.2) is 18.2 Å². The molecule has 0 amide bonds. The number of hydrogen-bond acceptors (Lipinski definition) is 0. The van der Waals surface area contributed by atoms with Gasteiger partial charge in [0, 0.05) is 5.88 Å². The molecule has 1 aromatic rings. The first-order valence-electron chi connectivity index (χ1n) is 4.48. The summed E-state index contributed by atoms with van der Waals surface area (Å²) in [6.07, 6.45) is 2.22. The van der Waals surface area contributed by atoms with E-state index >= 15 is 0 Å². The van der Waals surface area contributed by atoms with Gasteiger partial charge in [-0.25, -0.2) is 0 Å². The third-order valence-corrected chi connectivity index (χ3v) is 2.50. The van der Waals surface area contributed by atoms with E-state index in [9.17, 15) is 0 Å². The van der Waals surface area contributed by atoms with E-state index in [4.69, 9.17) is 11.6 Å². The Bertz CT molecular complexity index is 253. The first kappa shape index (κ1) is 9.60. The van der Waals surface area contributed by atoms with Crippen LogP contribution >= 0.6 is 11.6 Å². The standard InChI is InChI=1S/C11H15Cl/c1-3-10-6-5-9(8-12)7-11(10)4-2/h5-7H,3-4,8H2,1-2H3. The second-order valence-electron chi connectivity index (χ2n) is 2.94. The molecule has 0 aliphatic carbocycles. The topological polar surface area (TPSA) is 0 Å². The summed E-state index contributed by atoms with van der Waals surface area (Å²) in [5.41, 5.74) is 4.12. The van der Waals surface area contributed by atoms with Crippen LogP contribution in [-0.4, -0.2) is 0 Å². The van der Waals surface area contributed by atoms with Crippen molar-refractivity contribution in [3.05, 3.63) is 34.9 Å². The van der Waals surface area contributed by atoms with Crippen LogP contribution in [0.5, 0.6) is 0 Å². The maximum atomic E-state index is 5.75. The molecule has 0 aliphatic heterocycles. The van der Waals surface area contributed by atoms with Gasteiger partial charge in [0.1, 0.15) is 0 Å². The van der Waals surface area contributed by atoms with E-state index in [1.807, 2.05) is 0 Å². The third kappa shape index (κ3) is 2.01. The normalized spacial score (nSPS) is 10.2. The van der Waals surface area contributed by atoms with Gasteiger partial charge in [-0.3, -0.25) is 0 Å². The average molecular weight is 183 g/mol. The average Bonchev–Trinajstić information content (AvgIpc) is 2.16. The largest absolute Gasteiger partial charge is 0.122 e. The van der Waals surface area contributed by atoms with Crippen LogP contribution in [0.2, 0.25) is 0 Å². The van der Waals surface area contributed by atoms with Gasteiger partial charge in [0.05, 0.1) is 0 Å². The highest BCUT2D eigenvalue weighted by molar-refractivity contribution is 6.17. The molecule has 0 saturated heterocycles. The van der Waals surface area contributed by atoms with Gasteiger partial charge in [0.15, 0.2) is 0 Å². The Morgan fingerprint density at radius 1 is 1.08 bits per heavy atom. The molecule has 0 atom stereocenters. The molecular formula is C11H15Cl. The Kier molecular flexibility index (Phi) is 3.61. The summed E-state index contributed by atoms with van der Waals surface area (Å²) in [6.45, 7) is 4.38. The molecule has 0 spiro atoms. The molecule has 1 heteroatoms. The smallest absolute Gasteiger partial charge is 0.0474 e. The molecular weight excluding hydrogens is 168 g/mol. The quantitative estimate of drug-likeness (QED) is 0.628. The molecule has 0 aliphatic rings. The molecule has 0 saturated carbocycles. The van der Waals surface area contributed by atoms with Gasteiger partial charge in [-0.1, -0.05) is 32.0 Å². The van der Waals surface area contributed by atoms with Crippen molar-refractivity contribution in [1.82, 2.24) is 0 Å². The Morgan fingerprint density at radius 2 is 1.75 bits per heavy atom. The van der Waals surface area contributed by atoms with Gasteiger partial charge >= 0.3 is 0 Å². The number of rotatable bonds is 3. The maximum Gasteiger partial charge on any atom is 0.0474 e. The minimum atomic E-state index is 0.622. The summed E-state index contributed by atoms with van der Waals surface area (Å²) in [7, 11) is 0. The summed E-state index contributed by atoms with van der Waals surface area (Å²) >= 11 is 5.75. The van der Waals surface area contributed by atoms with Crippen LogP contribution in [-0.2, 0) is 18.7 Å². The Labute approximate surface area is 79.6 Å². The minimum Gasteiger partial charge on any atom is -0.122 e. The number of aryl methyl sites for hydroxylation is 2. The van der Waals surface area contributed by atoms with Crippen molar-refractivity contribution in [2.75, 3.05) is 0 Å². The predicted molar refractivity (Wildman–Crippen MR) is 54.8 cm³/mol. The van der Waals surface area contributed by atoms with Crippen LogP contribution in [0.3, 0.4) is 0 Å². The second-order valence-corrected chi connectivity index (χ2v) is 3.21. The van der Waals surface area contributed by atoms with E-state index < -0.39 is 0 Å². The second kappa shape index (κ2) is 4.51. The highest BCUT2D eigenvalue weighted by atomic mass is 35.5. The monoisotopic (exact) mass is 182 g/mol. The van der Waals surface area contributed by atoms with Crippen molar-refractivity contribution in [2.24, 2.45) is 0 Å². The van der Waals surface area contributed by atoms with E-state index in [-0.39, 0.29) is 0 Å². The summed E-state index contributed by atoms with van der Waals surface area (Å²) in [4.78, 5) is 0. The third-order valence-electron chi connectivity index (χ3n) is 2.19. The lowest BCUT2D eigenvalue weighted by molar-refractivity contribution is 1.03. The number of alkyl halides is 1. The summed E-state index contributed by atoms with van der Waals surface area (Å²) in [6, 6.07) is 6.52. The fourth-order valence-electron chi connectivity index (χ4n) is 1.44. The highest BCUT2D eigenvalue weighted by Gasteiger charge is 1.99. The number of hydrogen-bond donors (Lipinski definition) is 0. The van der Waals surface area contributed by atoms with Crippen molar-refractivity contribution in [1.29, 1.82) is 0 Å². The van der Waals surface area contributed by atoms with Crippen molar-refractivity contribution in [3.8, 4) is 0 Å². The zero-order valence-corrected chi connectivity index (χ0v) is 8.49. The van der Waals surface area contributed by atoms with Gasteiger partial charge in [0.2, 0.25) is 0 Å². The van der Waals surface area contributed by atoms with Crippen LogP contribution in [0.4, 0.5) is 0 Å². The number of benzene rings is 1. The SMILES string of the molecule is CCc1ccc(CCl)cc1CC. The van der Waals surface area contributed by atoms with E-state index in [1.54, 1.807) is 0 Å². The van der Waals surface area contributed by atoms with E-state index in [0.29, 0.717) is 5.88 Å². The first-order chi connectivity index (χ1) is 5.81. The van der Waals surface area contributed by atoms with Crippen LogP contribution in [0, 0.1) is 0 Å². The molecule has 0 nitrogen and oxygen atoms in total. The fraction of sp³-hybridized carbons (Fsp3) is 0.455. The molecule has 0 aromatic heterocycles. The van der Waals surface area contributed by atoms with Gasteiger partial charge in [-0.15, -0.1) is 11.6 Å². The molecule has 0 N–H and O–H groups in total. The van der Waals surface area contributed by atoms with Crippen LogP contribution in [0.1, 0.15) is 30.5 Å². The molecule has 66 valence electrons. The van der Waals surface area contributed by atoms with Crippen LogP contribution in [0.25, 0.3) is 0 Å². The molecule has 0 unspecified atom stereocenters. The molecule has 1 aromatic carbocycles. The number of halogens is 1. The molecule has 0 heterocycles. The lowest BCUT2D eigenvalue weighted by Gasteiger charge is -2.06. The Hall–Kier alpha value is -0.490. The summed E-state index contributed by atoms with van der Waals surface area (Å²) in [5.74, 6) is 0.622. The van der Waals surface area contributed by atoms with E-state index in [1.165, 1.54) is 16.7 Å². The van der Waals surface area contributed by atoms with Crippen LogP contribution < -0.4 is 0 Å². The van der Waals surface area contributed by atoms with Crippen molar-refractivity contribution < 1.29 is 0 Å². The molecule has 1 rings (SSSR count). The van der Waals surface area contributed by atoms with Crippen molar-refractivity contribution in [3.63, 3.8) is 0 Å². The van der Waals surface area contributed by atoms with Gasteiger partial charge in [-0.05, 0) is 29.5 Å². The van der Waals surface area contributed by atoms with Crippen molar-refractivity contribution >= 4 is 11.6 Å². The lowest BCUT2D eigenvalue weighted by Crippen LogP contribution is -1.92. The molecule has 0 fully saturated rings. The van der Waals surface area contributed by atoms with Gasteiger partial charge in [0.25, 0.3) is 0 Å². The fourth-order valence-corrected chi connectivity index (χ4v) is 1.60. The molecule has 12 heavy (non-hydrogen) atoms. The Morgan fingerprint density at radius 3 is 2.25 bits per heavy atom. The van der Waals surface area contributed by atoms with Crippen molar-refractivity contribution in [2.45, 2.75) is 32.6 Å². The van der Waals surface area contributed by atoms with Gasteiger partial charge in [-0.2, -0.15) is 0 Å².